The van der Waals surface area contributed by atoms with Gasteiger partial charge in [-0.3, -0.25) is 0 Å². The summed E-state index contributed by atoms with van der Waals surface area (Å²) in [5, 5.41) is 5.19. The van der Waals surface area contributed by atoms with Crippen molar-refractivity contribution in [1.82, 2.24) is 9.55 Å². The van der Waals surface area contributed by atoms with Crippen LogP contribution in [0.1, 0.15) is 25.0 Å². The summed E-state index contributed by atoms with van der Waals surface area (Å²) < 4.78 is 8.10. The lowest BCUT2D eigenvalue weighted by Crippen LogP contribution is -2.15. The first-order valence-corrected chi connectivity index (χ1v) is 12.1. The number of hydrogen-bond donors (Lipinski definition) is 0. The van der Waals surface area contributed by atoms with Gasteiger partial charge < -0.3 is 8.98 Å². The summed E-state index contributed by atoms with van der Waals surface area (Å²) >= 11 is 0. The summed E-state index contributed by atoms with van der Waals surface area (Å²) in [6.45, 7) is 4.75. The summed E-state index contributed by atoms with van der Waals surface area (Å²) in [7, 11) is 0. The van der Waals surface area contributed by atoms with E-state index in [1.807, 2.05) is 6.07 Å². The average Bonchev–Trinajstić information content (AvgIpc) is 3.55. The minimum Gasteiger partial charge on any atom is -0.443 e. The summed E-state index contributed by atoms with van der Waals surface area (Å²) in [4.78, 5) is 4.33. The fourth-order valence-corrected chi connectivity index (χ4v) is 6.45. The van der Waals surface area contributed by atoms with Gasteiger partial charge in [0.15, 0.2) is 12.0 Å². The van der Waals surface area contributed by atoms with E-state index >= 15 is 0 Å². The summed E-state index contributed by atoms with van der Waals surface area (Å²) in [5.74, 6) is 0. The average molecular weight is 451 g/mol. The topological polar surface area (TPSA) is 31.0 Å². The Labute approximate surface area is 202 Å². The summed E-state index contributed by atoms with van der Waals surface area (Å²) in [5.41, 5.74) is 10.6. The van der Waals surface area contributed by atoms with Crippen LogP contribution < -0.4 is 0 Å². The molecule has 1 aliphatic carbocycles. The largest absolute Gasteiger partial charge is 0.443 e. The summed E-state index contributed by atoms with van der Waals surface area (Å²) in [6.07, 6.45) is 1.52. The Bertz CT molecular complexity index is 1990. The lowest BCUT2D eigenvalue weighted by Gasteiger charge is -2.23. The molecule has 166 valence electrons. The molecule has 0 unspecified atom stereocenters. The number of fused-ring (bicyclic) bond motifs is 11. The molecule has 5 aromatic carbocycles. The van der Waals surface area contributed by atoms with E-state index in [0.29, 0.717) is 0 Å². The van der Waals surface area contributed by atoms with Crippen molar-refractivity contribution >= 4 is 43.7 Å². The molecule has 2 aromatic heterocycles. The van der Waals surface area contributed by atoms with Crippen LogP contribution in [0.2, 0.25) is 0 Å². The third-order valence-electron chi connectivity index (χ3n) is 7.89. The van der Waals surface area contributed by atoms with Gasteiger partial charge in [0.05, 0.1) is 16.7 Å². The molecule has 3 heteroatoms. The SMILES string of the molecule is CC1(C)c2ccccc2-c2c1c1c3ccccc3n(-c3ccc4ncoc4c3)c1c1ccccc21. The van der Waals surface area contributed by atoms with Crippen LogP contribution >= 0.6 is 0 Å². The number of rotatable bonds is 1. The Morgan fingerprint density at radius 2 is 1.51 bits per heavy atom. The third kappa shape index (κ3) is 2.28. The van der Waals surface area contributed by atoms with Gasteiger partial charge in [0.25, 0.3) is 0 Å². The molecule has 0 atom stereocenters. The van der Waals surface area contributed by atoms with Gasteiger partial charge >= 0.3 is 0 Å². The molecule has 0 amide bonds. The molecule has 0 aliphatic heterocycles. The standard InChI is InChI=1S/C32H22N2O/c1-32(2)24-13-7-5-11-22(24)28-20-9-3-4-10-21(20)31-29(30(28)32)23-12-6-8-14-26(23)34(31)19-15-16-25-27(17-19)35-18-33-25/h3-18H,1-2H3. The van der Waals surface area contributed by atoms with Crippen LogP contribution in [0.15, 0.2) is 102 Å². The molecule has 3 nitrogen and oxygen atoms in total. The molecule has 7 aromatic rings. The summed E-state index contributed by atoms with van der Waals surface area (Å²) in [6, 6.07) is 32.9. The third-order valence-corrected chi connectivity index (χ3v) is 7.89. The van der Waals surface area contributed by atoms with Crippen molar-refractivity contribution in [3.8, 4) is 16.8 Å². The van der Waals surface area contributed by atoms with E-state index in [-0.39, 0.29) is 5.41 Å². The minimum atomic E-state index is -0.113. The zero-order valence-electron chi connectivity index (χ0n) is 19.5. The molecular weight excluding hydrogens is 428 g/mol. The van der Waals surface area contributed by atoms with E-state index in [9.17, 15) is 0 Å². The normalized spacial score (nSPS) is 14.2. The number of nitrogens with zero attached hydrogens (tertiary/aromatic N) is 2. The lowest BCUT2D eigenvalue weighted by atomic mass is 9.79. The number of aromatic nitrogens is 2. The first kappa shape index (κ1) is 19.0. The van der Waals surface area contributed by atoms with E-state index in [1.165, 1.54) is 61.2 Å². The Kier molecular flexibility index (Phi) is 3.47. The molecule has 2 heterocycles. The van der Waals surface area contributed by atoms with E-state index in [1.54, 1.807) is 0 Å². The Balaban J connectivity index is 1.67. The second kappa shape index (κ2) is 6.39. The minimum absolute atomic E-state index is 0.113. The molecule has 0 saturated carbocycles. The maximum absolute atomic E-state index is 5.69. The van der Waals surface area contributed by atoms with Crippen LogP contribution in [-0.4, -0.2) is 9.55 Å². The second-order valence-corrected chi connectivity index (χ2v) is 10.0. The number of para-hydroxylation sites is 1. The molecule has 0 N–H and O–H groups in total. The molecular formula is C32H22N2O. The second-order valence-electron chi connectivity index (χ2n) is 10.0. The predicted molar refractivity (Wildman–Crippen MR) is 143 cm³/mol. The van der Waals surface area contributed by atoms with E-state index in [2.05, 4.69) is 108 Å². The van der Waals surface area contributed by atoms with Crippen LogP contribution in [0.4, 0.5) is 0 Å². The monoisotopic (exact) mass is 450 g/mol. The van der Waals surface area contributed by atoms with Crippen LogP contribution in [0.3, 0.4) is 0 Å². The van der Waals surface area contributed by atoms with E-state index in [4.69, 9.17) is 4.42 Å². The van der Waals surface area contributed by atoms with Gasteiger partial charge in [0.2, 0.25) is 0 Å². The van der Waals surface area contributed by atoms with E-state index in [0.717, 1.165) is 16.8 Å². The number of benzene rings is 5. The maximum atomic E-state index is 5.69. The molecule has 1 aliphatic rings. The number of oxazole rings is 1. The van der Waals surface area contributed by atoms with Crippen molar-refractivity contribution in [2.24, 2.45) is 0 Å². The van der Waals surface area contributed by atoms with Gasteiger partial charge in [0, 0.05) is 27.6 Å². The highest BCUT2D eigenvalue weighted by atomic mass is 16.3. The fourth-order valence-electron chi connectivity index (χ4n) is 6.45. The van der Waals surface area contributed by atoms with Crippen molar-refractivity contribution in [2.75, 3.05) is 0 Å². The van der Waals surface area contributed by atoms with Gasteiger partial charge in [-0.05, 0) is 45.8 Å². The fraction of sp³-hybridized carbons (Fsp3) is 0.0938. The van der Waals surface area contributed by atoms with Crippen molar-refractivity contribution in [2.45, 2.75) is 19.3 Å². The highest BCUT2D eigenvalue weighted by molar-refractivity contribution is 6.25. The maximum Gasteiger partial charge on any atom is 0.181 e. The first-order valence-electron chi connectivity index (χ1n) is 12.1. The van der Waals surface area contributed by atoms with Gasteiger partial charge in [0.1, 0.15) is 5.52 Å². The molecule has 0 spiro atoms. The highest BCUT2D eigenvalue weighted by Crippen LogP contribution is 2.56. The Morgan fingerprint density at radius 1 is 0.771 bits per heavy atom. The Morgan fingerprint density at radius 3 is 2.40 bits per heavy atom. The molecule has 35 heavy (non-hydrogen) atoms. The van der Waals surface area contributed by atoms with Gasteiger partial charge in [-0.25, -0.2) is 4.98 Å². The van der Waals surface area contributed by atoms with Crippen LogP contribution in [-0.2, 0) is 5.41 Å². The lowest BCUT2D eigenvalue weighted by molar-refractivity contribution is 0.602. The predicted octanol–water partition coefficient (Wildman–Crippen LogP) is 8.38. The van der Waals surface area contributed by atoms with Gasteiger partial charge in [-0.1, -0.05) is 80.6 Å². The molecule has 0 fully saturated rings. The molecule has 0 bridgehead atoms. The molecule has 8 rings (SSSR count). The smallest absolute Gasteiger partial charge is 0.181 e. The van der Waals surface area contributed by atoms with Crippen molar-refractivity contribution < 1.29 is 4.42 Å². The quantitative estimate of drug-likeness (QED) is 0.251. The van der Waals surface area contributed by atoms with Crippen molar-refractivity contribution in [3.63, 3.8) is 0 Å². The van der Waals surface area contributed by atoms with E-state index < -0.39 is 0 Å². The van der Waals surface area contributed by atoms with Crippen LogP contribution in [0.25, 0.3) is 60.5 Å². The first-order chi connectivity index (χ1) is 17.1. The highest BCUT2D eigenvalue weighted by Gasteiger charge is 2.39. The molecule has 0 saturated heterocycles. The van der Waals surface area contributed by atoms with Gasteiger partial charge in [-0.15, -0.1) is 0 Å². The molecule has 0 radical (unpaired) electrons. The van der Waals surface area contributed by atoms with Crippen LogP contribution in [0.5, 0.6) is 0 Å². The zero-order chi connectivity index (χ0) is 23.3. The Hall–Kier alpha value is -4.37. The van der Waals surface area contributed by atoms with Gasteiger partial charge in [-0.2, -0.15) is 0 Å². The number of hydrogen-bond acceptors (Lipinski definition) is 2. The van der Waals surface area contributed by atoms with Crippen molar-refractivity contribution in [1.29, 1.82) is 0 Å². The van der Waals surface area contributed by atoms with Crippen LogP contribution in [0, 0.1) is 0 Å². The zero-order valence-corrected chi connectivity index (χ0v) is 19.5. The van der Waals surface area contributed by atoms with Crippen molar-refractivity contribution in [3.05, 3.63) is 109 Å².